The number of aryl methyl sites for hydroxylation is 1. The fourth-order valence-corrected chi connectivity index (χ4v) is 3.05. The van der Waals surface area contributed by atoms with Crippen molar-refractivity contribution in [2.24, 2.45) is 7.05 Å². The quantitative estimate of drug-likeness (QED) is 0.778. The highest BCUT2D eigenvalue weighted by molar-refractivity contribution is 5.87. The van der Waals surface area contributed by atoms with Crippen LogP contribution >= 0.6 is 0 Å². The lowest BCUT2D eigenvalue weighted by molar-refractivity contribution is -0.0446. The molecule has 1 N–H and O–H groups in total. The first-order valence-corrected chi connectivity index (χ1v) is 6.80. The van der Waals surface area contributed by atoms with Gasteiger partial charge in [0.05, 0.1) is 24.2 Å². The van der Waals surface area contributed by atoms with Crippen LogP contribution in [0.2, 0.25) is 0 Å². The van der Waals surface area contributed by atoms with Crippen LogP contribution < -0.4 is 4.90 Å². The maximum atomic E-state index is 5.79. The Kier molecular flexibility index (Phi) is 2.52. The van der Waals surface area contributed by atoms with Crippen molar-refractivity contribution in [2.45, 2.75) is 5.60 Å². The summed E-state index contributed by atoms with van der Waals surface area (Å²) in [6.45, 7) is 1.50. The number of nitrogens with one attached hydrogen (secondary N) is 1. The average Bonchev–Trinajstić information content (AvgIpc) is 3.08. The Morgan fingerprint density at radius 2 is 2.14 bits per heavy atom. The maximum absolute atomic E-state index is 5.79. The second kappa shape index (κ2) is 4.29. The molecule has 1 aliphatic heterocycles. The standard InChI is InChI=1S/C14H16N6O/c1-19-11(4-6-18-19)14(21-2)7-20(8-14)13-10-3-5-15-12(10)16-9-17-13/h3-6,9H,7-8H2,1-2H3,(H,15,16,17). The Hall–Kier alpha value is -2.41. The molecule has 0 radical (unpaired) electrons. The van der Waals surface area contributed by atoms with Gasteiger partial charge >= 0.3 is 0 Å². The summed E-state index contributed by atoms with van der Waals surface area (Å²) in [5, 5.41) is 5.27. The molecule has 7 nitrogen and oxygen atoms in total. The molecule has 3 aromatic heterocycles. The van der Waals surface area contributed by atoms with Gasteiger partial charge in [-0.05, 0) is 12.1 Å². The van der Waals surface area contributed by atoms with E-state index in [4.69, 9.17) is 4.74 Å². The molecule has 1 fully saturated rings. The van der Waals surface area contributed by atoms with Crippen LogP contribution in [0.3, 0.4) is 0 Å². The number of aromatic nitrogens is 5. The third-order valence-corrected chi connectivity index (χ3v) is 4.20. The molecule has 0 aliphatic carbocycles. The first kappa shape index (κ1) is 12.3. The van der Waals surface area contributed by atoms with Crippen molar-refractivity contribution in [3.8, 4) is 0 Å². The van der Waals surface area contributed by atoms with Crippen molar-refractivity contribution in [3.05, 3.63) is 36.5 Å². The lowest BCUT2D eigenvalue weighted by atomic mass is 9.89. The number of rotatable bonds is 3. The Morgan fingerprint density at radius 1 is 1.29 bits per heavy atom. The van der Waals surface area contributed by atoms with Crippen molar-refractivity contribution in [1.82, 2.24) is 24.7 Å². The Balaban J connectivity index is 1.67. The zero-order chi connectivity index (χ0) is 14.4. The number of H-pyrrole nitrogens is 1. The van der Waals surface area contributed by atoms with Gasteiger partial charge in [0.25, 0.3) is 0 Å². The van der Waals surface area contributed by atoms with Gasteiger partial charge in [-0.15, -0.1) is 0 Å². The number of ether oxygens (including phenoxy) is 1. The molecule has 7 heteroatoms. The normalized spacial score (nSPS) is 17.1. The molecule has 0 unspecified atom stereocenters. The van der Waals surface area contributed by atoms with Crippen LogP contribution in [0.1, 0.15) is 5.69 Å². The van der Waals surface area contributed by atoms with Crippen LogP contribution in [-0.4, -0.2) is 44.9 Å². The highest BCUT2D eigenvalue weighted by atomic mass is 16.5. The van der Waals surface area contributed by atoms with Crippen molar-refractivity contribution in [1.29, 1.82) is 0 Å². The summed E-state index contributed by atoms with van der Waals surface area (Å²) in [7, 11) is 3.68. The topological polar surface area (TPSA) is 71.9 Å². The minimum Gasteiger partial charge on any atom is -0.368 e. The van der Waals surface area contributed by atoms with Gasteiger partial charge in [0.1, 0.15) is 23.4 Å². The van der Waals surface area contributed by atoms with Crippen LogP contribution in [0, 0.1) is 0 Å². The van der Waals surface area contributed by atoms with Gasteiger partial charge in [-0.3, -0.25) is 4.68 Å². The fourth-order valence-electron chi connectivity index (χ4n) is 3.05. The summed E-state index contributed by atoms with van der Waals surface area (Å²) in [4.78, 5) is 14.0. The molecule has 1 saturated heterocycles. The number of nitrogens with zero attached hydrogens (tertiary/aromatic N) is 5. The molecular weight excluding hydrogens is 268 g/mol. The third-order valence-electron chi connectivity index (χ3n) is 4.20. The van der Waals surface area contributed by atoms with Gasteiger partial charge in [0.15, 0.2) is 0 Å². The van der Waals surface area contributed by atoms with Gasteiger partial charge in [-0.2, -0.15) is 5.10 Å². The predicted molar refractivity (Wildman–Crippen MR) is 78.0 cm³/mol. The summed E-state index contributed by atoms with van der Waals surface area (Å²) in [5.41, 5.74) is 1.62. The molecule has 4 heterocycles. The first-order valence-electron chi connectivity index (χ1n) is 6.80. The van der Waals surface area contributed by atoms with Crippen LogP contribution in [0.5, 0.6) is 0 Å². The lowest BCUT2D eigenvalue weighted by Gasteiger charge is -2.49. The molecule has 0 aromatic carbocycles. The SMILES string of the molecule is COC1(c2ccnn2C)CN(c2ncnc3[nH]ccc23)C1. The molecule has 1 aliphatic rings. The van der Waals surface area contributed by atoms with Crippen LogP contribution in [0.25, 0.3) is 11.0 Å². The molecule has 0 amide bonds. The van der Waals surface area contributed by atoms with E-state index in [9.17, 15) is 0 Å². The minimum absolute atomic E-state index is 0.321. The predicted octanol–water partition coefficient (Wildman–Crippen LogP) is 1.05. The summed E-state index contributed by atoms with van der Waals surface area (Å²) in [6, 6.07) is 4.01. The smallest absolute Gasteiger partial charge is 0.144 e. The van der Waals surface area contributed by atoms with Crippen molar-refractivity contribution < 1.29 is 4.74 Å². The minimum atomic E-state index is -0.321. The Labute approximate surface area is 121 Å². The average molecular weight is 284 g/mol. The molecule has 0 atom stereocenters. The number of anilines is 1. The number of hydrogen-bond donors (Lipinski definition) is 1. The van der Waals surface area contributed by atoms with E-state index in [1.54, 1.807) is 19.6 Å². The van der Waals surface area contributed by atoms with Gasteiger partial charge in [-0.25, -0.2) is 9.97 Å². The molecule has 4 rings (SSSR count). The summed E-state index contributed by atoms with van der Waals surface area (Å²) >= 11 is 0. The molecular formula is C14H16N6O. The van der Waals surface area contributed by atoms with E-state index in [2.05, 4.69) is 25.0 Å². The molecule has 0 spiro atoms. The van der Waals surface area contributed by atoms with E-state index >= 15 is 0 Å². The van der Waals surface area contributed by atoms with Gasteiger partial charge in [0, 0.05) is 26.6 Å². The number of methoxy groups -OCH3 is 1. The monoisotopic (exact) mass is 284 g/mol. The first-order chi connectivity index (χ1) is 10.2. The summed E-state index contributed by atoms with van der Waals surface area (Å²) < 4.78 is 7.66. The van der Waals surface area contributed by atoms with Crippen LogP contribution in [0.15, 0.2) is 30.9 Å². The fraction of sp³-hybridized carbons (Fsp3) is 0.357. The zero-order valence-electron chi connectivity index (χ0n) is 11.9. The van der Waals surface area contributed by atoms with Crippen LogP contribution in [-0.2, 0) is 17.4 Å². The Bertz CT molecular complexity index is 785. The largest absolute Gasteiger partial charge is 0.368 e. The maximum Gasteiger partial charge on any atom is 0.144 e. The number of fused-ring (bicyclic) bond motifs is 1. The highest BCUT2D eigenvalue weighted by Crippen LogP contribution is 2.38. The number of aromatic amines is 1. The van der Waals surface area contributed by atoms with E-state index in [0.717, 1.165) is 35.6 Å². The molecule has 108 valence electrons. The molecule has 0 saturated carbocycles. The molecule has 21 heavy (non-hydrogen) atoms. The van der Waals surface area contributed by atoms with Gasteiger partial charge in [-0.1, -0.05) is 0 Å². The highest BCUT2D eigenvalue weighted by Gasteiger charge is 2.47. The molecule has 3 aromatic rings. The van der Waals surface area contributed by atoms with E-state index in [-0.39, 0.29) is 5.60 Å². The second-order valence-corrected chi connectivity index (χ2v) is 5.33. The van der Waals surface area contributed by atoms with Crippen molar-refractivity contribution in [3.63, 3.8) is 0 Å². The zero-order valence-corrected chi connectivity index (χ0v) is 11.9. The third kappa shape index (κ3) is 1.67. The van der Waals surface area contributed by atoms with E-state index < -0.39 is 0 Å². The van der Waals surface area contributed by atoms with E-state index in [0.29, 0.717) is 0 Å². The molecule has 0 bridgehead atoms. The number of hydrogen-bond acceptors (Lipinski definition) is 5. The summed E-state index contributed by atoms with van der Waals surface area (Å²) in [5.74, 6) is 0.941. The van der Waals surface area contributed by atoms with Gasteiger partial charge < -0.3 is 14.6 Å². The summed E-state index contributed by atoms with van der Waals surface area (Å²) in [6.07, 6.45) is 5.27. The second-order valence-electron chi connectivity index (χ2n) is 5.33. The lowest BCUT2D eigenvalue weighted by Crippen LogP contribution is -2.61. The van der Waals surface area contributed by atoms with E-state index in [1.165, 1.54) is 0 Å². The van der Waals surface area contributed by atoms with Crippen molar-refractivity contribution in [2.75, 3.05) is 25.1 Å². The van der Waals surface area contributed by atoms with E-state index in [1.807, 2.05) is 30.1 Å². The van der Waals surface area contributed by atoms with Gasteiger partial charge in [0.2, 0.25) is 0 Å². The van der Waals surface area contributed by atoms with Crippen molar-refractivity contribution >= 4 is 16.9 Å². The Morgan fingerprint density at radius 3 is 2.86 bits per heavy atom. The van der Waals surface area contributed by atoms with Crippen LogP contribution in [0.4, 0.5) is 5.82 Å².